The topological polar surface area (TPSA) is 20.2 Å². The number of halogens is 1. The van der Waals surface area contributed by atoms with Crippen LogP contribution in [0.4, 0.5) is 0 Å². The third-order valence-corrected chi connectivity index (χ3v) is 3.94. The first-order chi connectivity index (χ1) is 8.29. The van der Waals surface area contributed by atoms with E-state index < -0.39 is 0 Å². The van der Waals surface area contributed by atoms with Gasteiger partial charge in [-0.3, -0.25) is 0 Å². The number of rotatable bonds is 8. The molecule has 17 heavy (non-hydrogen) atoms. The average Bonchev–Trinajstić information content (AvgIpc) is 2.35. The molecule has 0 aromatic heterocycles. The lowest BCUT2D eigenvalue weighted by molar-refractivity contribution is 0.256. The minimum atomic E-state index is 0.246. The Labute approximate surface area is 113 Å². The summed E-state index contributed by atoms with van der Waals surface area (Å²) in [6.45, 7) is 2.48. The van der Waals surface area contributed by atoms with Gasteiger partial charge in [0.05, 0.1) is 0 Å². The number of hydrogen-bond donors (Lipinski definition) is 1. The molecule has 0 saturated heterocycles. The van der Waals surface area contributed by atoms with E-state index >= 15 is 0 Å². The molecule has 1 aromatic rings. The van der Waals surface area contributed by atoms with Crippen molar-refractivity contribution in [2.45, 2.75) is 51.4 Å². The number of aliphatic hydroxyl groups excluding tert-OH is 1. The van der Waals surface area contributed by atoms with Crippen molar-refractivity contribution in [2.24, 2.45) is 0 Å². The zero-order chi connectivity index (χ0) is 12.5. The van der Waals surface area contributed by atoms with E-state index in [1.54, 1.807) is 0 Å². The molecule has 0 aliphatic carbocycles. The fraction of sp³-hybridized carbons (Fsp3) is 0.600. The molecule has 1 N–H and O–H groups in total. The monoisotopic (exact) mass is 298 g/mol. The zero-order valence-corrected chi connectivity index (χ0v) is 12.2. The lowest BCUT2D eigenvalue weighted by atomic mass is 9.94. The minimum Gasteiger partial charge on any atom is -0.396 e. The predicted octanol–water partition coefficient (Wildman–Crippen LogP) is 4.89. The highest BCUT2D eigenvalue weighted by molar-refractivity contribution is 9.10. The van der Waals surface area contributed by atoms with Crippen molar-refractivity contribution in [1.29, 1.82) is 0 Å². The van der Waals surface area contributed by atoms with E-state index in [4.69, 9.17) is 0 Å². The van der Waals surface area contributed by atoms with Crippen LogP contribution in [0.5, 0.6) is 0 Å². The van der Waals surface area contributed by atoms with Gasteiger partial charge in [0.1, 0.15) is 0 Å². The lowest BCUT2D eigenvalue weighted by Gasteiger charge is -2.16. The van der Waals surface area contributed by atoms with Crippen molar-refractivity contribution in [2.75, 3.05) is 6.61 Å². The first kappa shape index (κ1) is 14.7. The fourth-order valence-electron chi connectivity index (χ4n) is 2.15. The molecular formula is C15H23BrO. The molecule has 1 unspecified atom stereocenters. The van der Waals surface area contributed by atoms with E-state index in [1.807, 2.05) is 12.1 Å². The van der Waals surface area contributed by atoms with E-state index in [1.165, 1.54) is 37.7 Å². The molecule has 2 heteroatoms. The maximum Gasteiger partial charge on any atom is 0.0500 e. The molecule has 0 spiro atoms. The summed E-state index contributed by atoms with van der Waals surface area (Å²) in [5, 5.41) is 9.49. The molecule has 1 atom stereocenters. The molecule has 0 radical (unpaired) electrons. The van der Waals surface area contributed by atoms with E-state index in [0.29, 0.717) is 0 Å². The first-order valence-electron chi connectivity index (χ1n) is 6.64. The smallest absolute Gasteiger partial charge is 0.0500 e. The third kappa shape index (κ3) is 5.22. The maximum absolute atomic E-state index is 9.49. The molecule has 96 valence electrons. The highest BCUT2D eigenvalue weighted by atomic mass is 79.9. The summed E-state index contributed by atoms with van der Waals surface area (Å²) in [6.07, 6.45) is 7.53. The lowest BCUT2D eigenvalue weighted by Crippen LogP contribution is -2.05. The molecule has 0 amide bonds. The van der Waals surface area contributed by atoms with Gasteiger partial charge in [-0.1, -0.05) is 73.2 Å². The summed E-state index contributed by atoms with van der Waals surface area (Å²) in [4.78, 5) is 0. The van der Waals surface area contributed by atoms with E-state index in [2.05, 4.69) is 35.0 Å². The Bertz CT molecular complexity index is 312. The van der Waals surface area contributed by atoms with Crippen molar-refractivity contribution >= 4 is 15.9 Å². The molecule has 0 fully saturated rings. The van der Waals surface area contributed by atoms with Crippen LogP contribution in [-0.4, -0.2) is 11.7 Å². The maximum atomic E-state index is 9.49. The minimum absolute atomic E-state index is 0.246. The number of benzene rings is 1. The quantitative estimate of drug-likeness (QED) is 0.678. The number of unbranched alkanes of at least 4 members (excludes halogenated alkanes) is 4. The summed E-state index contributed by atoms with van der Waals surface area (Å²) in [6, 6.07) is 8.22. The van der Waals surface area contributed by atoms with Gasteiger partial charge in [-0.25, -0.2) is 0 Å². The van der Waals surface area contributed by atoms with E-state index in [9.17, 15) is 5.11 Å². The van der Waals surface area contributed by atoms with Gasteiger partial charge in [0, 0.05) is 17.0 Å². The summed E-state index contributed by atoms with van der Waals surface area (Å²) in [5.74, 6) is 0.284. The largest absolute Gasteiger partial charge is 0.396 e. The molecule has 1 aromatic carbocycles. The van der Waals surface area contributed by atoms with Crippen LogP contribution in [0.15, 0.2) is 28.7 Å². The van der Waals surface area contributed by atoms with Crippen LogP contribution < -0.4 is 0 Å². The average molecular weight is 299 g/mol. The van der Waals surface area contributed by atoms with Crippen molar-refractivity contribution < 1.29 is 5.11 Å². The molecule has 0 aliphatic rings. The van der Waals surface area contributed by atoms with Gasteiger partial charge in [0.25, 0.3) is 0 Å². The fourth-order valence-corrected chi connectivity index (χ4v) is 2.75. The van der Waals surface area contributed by atoms with Crippen LogP contribution in [0.2, 0.25) is 0 Å². The van der Waals surface area contributed by atoms with Crippen LogP contribution in [0, 0.1) is 0 Å². The van der Waals surface area contributed by atoms with Crippen molar-refractivity contribution in [1.82, 2.24) is 0 Å². The molecule has 0 saturated carbocycles. The Kier molecular flexibility index (Phi) is 7.54. The van der Waals surface area contributed by atoms with Gasteiger partial charge in [-0.2, -0.15) is 0 Å². The normalized spacial score (nSPS) is 12.6. The number of hydrogen-bond acceptors (Lipinski definition) is 1. The molecule has 0 bridgehead atoms. The SMILES string of the molecule is CCCCCCCC(CO)c1ccccc1Br. The third-order valence-electron chi connectivity index (χ3n) is 3.22. The molecule has 0 aliphatic heterocycles. The summed E-state index contributed by atoms with van der Waals surface area (Å²) in [7, 11) is 0. The van der Waals surface area contributed by atoms with Crippen molar-refractivity contribution in [3.63, 3.8) is 0 Å². The summed E-state index contributed by atoms with van der Waals surface area (Å²) in [5.41, 5.74) is 1.24. The zero-order valence-electron chi connectivity index (χ0n) is 10.7. The number of aliphatic hydroxyl groups is 1. The van der Waals surface area contributed by atoms with Gasteiger partial charge in [0.15, 0.2) is 0 Å². The second-order valence-electron chi connectivity index (χ2n) is 4.60. The standard InChI is InChI=1S/C15H23BrO/c1-2-3-4-5-6-9-13(12-17)14-10-7-8-11-15(14)16/h7-8,10-11,13,17H,2-6,9,12H2,1H3. The van der Waals surface area contributed by atoms with Crippen LogP contribution in [0.25, 0.3) is 0 Å². The molecule has 1 rings (SSSR count). The molecule has 0 heterocycles. The van der Waals surface area contributed by atoms with E-state index in [-0.39, 0.29) is 12.5 Å². The highest BCUT2D eigenvalue weighted by Gasteiger charge is 2.12. The molecule has 1 nitrogen and oxygen atoms in total. The molecular weight excluding hydrogens is 276 g/mol. The van der Waals surface area contributed by atoms with Crippen molar-refractivity contribution in [3.8, 4) is 0 Å². The summed E-state index contributed by atoms with van der Waals surface area (Å²) >= 11 is 3.56. The van der Waals surface area contributed by atoms with E-state index in [0.717, 1.165) is 10.9 Å². The van der Waals surface area contributed by atoms with Crippen LogP contribution in [0.1, 0.15) is 56.9 Å². The second-order valence-corrected chi connectivity index (χ2v) is 5.46. The Balaban J connectivity index is 2.41. The first-order valence-corrected chi connectivity index (χ1v) is 7.44. The van der Waals surface area contributed by atoms with Gasteiger partial charge < -0.3 is 5.11 Å². The van der Waals surface area contributed by atoms with Gasteiger partial charge in [-0.05, 0) is 18.1 Å². The van der Waals surface area contributed by atoms with Gasteiger partial charge in [-0.15, -0.1) is 0 Å². The van der Waals surface area contributed by atoms with Gasteiger partial charge in [0.2, 0.25) is 0 Å². The Morgan fingerprint density at radius 2 is 1.82 bits per heavy atom. The second kappa shape index (κ2) is 8.71. The van der Waals surface area contributed by atoms with Gasteiger partial charge >= 0.3 is 0 Å². The Hall–Kier alpha value is -0.340. The van der Waals surface area contributed by atoms with Crippen molar-refractivity contribution in [3.05, 3.63) is 34.3 Å². The predicted molar refractivity (Wildman–Crippen MR) is 77.3 cm³/mol. The Morgan fingerprint density at radius 3 is 2.47 bits per heavy atom. The van der Waals surface area contributed by atoms with Crippen LogP contribution in [0.3, 0.4) is 0 Å². The highest BCUT2D eigenvalue weighted by Crippen LogP contribution is 2.28. The van der Waals surface area contributed by atoms with Crippen LogP contribution in [-0.2, 0) is 0 Å². The van der Waals surface area contributed by atoms with Crippen LogP contribution >= 0.6 is 15.9 Å². The summed E-state index contributed by atoms with van der Waals surface area (Å²) < 4.78 is 1.12. The Morgan fingerprint density at radius 1 is 1.12 bits per heavy atom.